The first kappa shape index (κ1) is 14.5. The summed E-state index contributed by atoms with van der Waals surface area (Å²) in [5.74, 6) is -1.39. The van der Waals surface area contributed by atoms with Crippen LogP contribution in [-0.2, 0) is 4.79 Å². The Hall–Kier alpha value is -1.44. The average Bonchev–Trinajstić information content (AvgIpc) is 3.00. The zero-order valence-electron chi connectivity index (χ0n) is 10.7. The van der Waals surface area contributed by atoms with Crippen molar-refractivity contribution in [3.05, 3.63) is 27.5 Å². The van der Waals surface area contributed by atoms with Crippen molar-refractivity contribution in [1.82, 2.24) is 10.3 Å². The van der Waals surface area contributed by atoms with E-state index in [1.807, 2.05) is 6.07 Å². The Bertz CT molecular complexity index is 691. The maximum Gasteiger partial charge on any atom is 0.306 e. The minimum absolute atomic E-state index is 0.0695. The Morgan fingerprint density at radius 1 is 1.38 bits per heavy atom. The maximum absolute atomic E-state index is 12.0. The van der Waals surface area contributed by atoms with Crippen LogP contribution < -0.4 is 5.32 Å². The summed E-state index contributed by atoms with van der Waals surface area (Å²) in [5, 5.41) is 14.1. The van der Waals surface area contributed by atoms with Crippen molar-refractivity contribution in [2.24, 2.45) is 5.92 Å². The molecule has 1 fully saturated rings. The fourth-order valence-electron chi connectivity index (χ4n) is 2.12. The molecule has 0 aliphatic heterocycles. The second kappa shape index (κ2) is 5.75. The number of thiophene rings is 1. The van der Waals surface area contributed by atoms with Gasteiger partial charge in [-0.2, -0.15) is 0 Å². The van der Waals surface area contributed by atoms with Crippen LogP contribution in [0.3, 0.4) is 0 Å². The Kier molecular flexibility index (Phi) is 3.97. The number of rotatable bonds is 4. The number of carboxylic acid groups (broad SMARTS) is 1. The van der Waals surface area contributed by atoms with Crippen molar-refractivity contribution in [2.45, 2.75) is 18.9 Å². The number of hydrogen-bond acceptors (Lipinski definition) is 5. The van der Waals surface area contributed by atoms with Crippen molar-refractivity contribution >= 4 is 46.2 Å². The number of amides is 1. The van der Waals surface area contributed by atoms with E-state index in [0.29, 0.717) is 22.9 Å². The van der Waals surface area contributed by atoms with Crippen LogP contribution in [0, 0.1) is 5.92 Å². The Morgan fingerprint density at radius 2 is 2.14 bits per heavy atom. The first-order valence-corrected chi connectivity index (χ1v) is 8.35. The van der Waals surface area contributed by atoms with E-state index in [1.165, 1.54) is 22.7 Å². The van der Waals surface area contributed by atoms with Gasteiger partial charge in [-0.3, -0.25) is 9.59 Å². The lowest BCUT2D eigenvalue weighted by molar-refractivity contribution is -0.145. The van der Waals surface area contributed by atoms with Gasteiger partial charge in [0.25, 0.3) is 5.91 Å². The monoisotopic (exact) mass is 342 g/mol. The fourth-order valence-corrected chi connectivity index (χ4v) is 4.03. The predicted octanol–water partition coefficient (Wildman–Crippen LogP) is 3.12. The van der Waals surface area contributed by atoms with Gasteiger partial charge in [-0.1, -0.05) is 11.6 Å². The van der Waals surface area contributed by atoms with E-state index in [1.54, 1.807) is 11.4 Å². The van der Waals surface area contributed by atoms with Crippen molar-refractivity contribution in [2.75, 3.05) is 0 Å². The molecule has 0 spiro atoms. The van der Waals surface area contributed by atoms with Gasteiger partial charge in [-0.15, -0.1) is 22.7 Å². The van der Waals surface area contributed by atoms with E-state index < -0.39 is 5.97 Å². The maximum atomic E-state index is 12.0. The van der Waals surface area contributed by atoms with Crippen molar-refractivity contribution in [3.63, 3.8) is 0 Å². The van der Waals surface area contributed by atoms with E-state index >= 15 is 0 Å². The van der Waals surface area contributed by atoms with E-state index in [-0.39, 0.29) is 17.9 Å². The highest BCUT2D eigenvalue weighted by atomic mass is 35.5. The molecule has 1 aliphatic carbocycles. The van der Waals surface area contributed by atoms with E-state index in [9.17, 15) is 9.59 Å². The summed E-state index contributed by atoms with van der Waals surface area (Å²) < 4.78 is 0.681. The van der Waals surface area contributed by atoms with E-state index in [2.05, 4.69) is 10.3 Å². The molecular weight excluding hydrogens is 332 g/mol. The summed E-state index contributed by atoms with van der Waals surface area (Å²) in [6.07, 6.45) is 0.969. The molecule has 1 amide bonds. The lowest BCUT2D eigenvalue weighted by Crippen LogP contribution is -2.46. The van der Waals surface area contributed by atoms with Crippen LogP contribution in [0.15, 0.2) is 17.5 Å². The Balaban J connectivity index is 1.61. The van der Waals surface area contributed by atoms with Crippen molar-refractivity contribution in [1.29, 1.82) is 0 Å². The minimum atomic E-state index is -0.800. The van der Waals surface area contributed by atoms with Gasteiger partial charge in [0.1, 0.15) is 10.7 Å². The van der Waals surface area contributed by atoms with E-state index in [0.717, 1.165) is 9.88 Å². The summed E-state index contributed by atoms with van der Waals surface area (Å²) >= 11 is 8.69. The number of aliphatic carboxylic acids is 1. The molecule has 0 aromatic carbocycles. The Morgan fingerprint density at radius 3 is 2.76 bits per heavy atom. The highest BCUT2D eigenvalue weighted by Gasteiger charge is 2.35. The molecule has 0 saturated heterocycles. The number of carbonyl (C=O) groups excluding carboxylic acids is 1. The normalized spacial score (nSPS) is 20.8. The highest BCUT2D eigenvalue weighted by molar-refractivity contribution is 7.23. The van der Waals surface area contributed by atoms with Crippen LogP contribution in [0.5, 0.6) is 0 Å². The van der Waals surface area contributed by atoms with E-state index in [4.69, 9.17) is 16.7 Å². The van der Waals surface area contributed by atoms with Gasteiger partial charge >= 0.3 is 5.97 Å². The third-order valence-electron chi connectivity index (χ3n) is 3.34. The molecule has 0 radical (unpaired) electrons. The third kappa shape index (κ3) is 3.09. The van der Waals surface area contributed by atoms with Gasteiger partial charge in [-0.25, -0.2) is 4.98 Å². The lowest BCUT2D eigenvalue weighted by atomic mass is 9.80. The fraction of sp³-hybridized carbons (Fsp3) is 0.308. The predicted molar refractivity (Wildman–Crippen MR) is 82.1 cm³/mol. The molecule has 110 valence electrons. The smallest absolute Gasteiger partial charge is 0.306 e. The van der Waals surface area contributed by atoms with Crippen LogP contribution in [0.25, 0.3) is 9.88 Å². The average molecular weight is 343 g/mol. The zero-order chi connectivity index (χ0) is 15.0. The van der Waals surface area contributed by atoms with Crippen LogP contribution >= 0.6 is 34.3 Å². The highest BCUT2D eigenvalue weighted by Crippen LogP contribution is 2.33. The second-order valence-electron chi connectivity index (χ2n) is 4.82. The van der Waals surface area contributed by atoms with Gasteiger partial charge in [0.05, 0.1) is 15.1 Å². The summed E-state index contributed by atoms with van der Waals surface area (Å²) in [5.41, 5.74) is 0.360. The number of carbonyl (C=O) groups is 2. The molecule has 2 aromatic heterocycles. The standard InChI is InChI=1S/C13H11ClN2O3S2/c14-10-2-1-9(21-10)12-16-8(5-20-12)11(17)15-7-3-6(4-7)13(18)19/h1-2,5-7H,3-4H2,(H,15,17)(H,18,19). The molecule has 0 bridgehead atoms. The number of hydrogen-bond donors (Lipinski definition) is 2. The number of thiazole rings is 1. The van der Waals surface area contributed by atoms with Gasteiger partial charge in [0.15, 0.2) is 0 Å². The number of nitrogens with zero attached hydrogens (tertiary/aromatic N) is 1. The topological polar surface area (TPSA) is 79.3 Å². The molecule has 21 heavy (non-hydrogen) atoms. The molecule has 0 unspecified atom stereocenters. The van der Waals surface area contributed by atoms with Crippen LogP contribution in [-0.4, -0.2) is 28.0 Å². The van der Waals surface area contributed by atoms with Gasteiger partial charge in [0.2, 0.25) is 0 Å². The third-order valence-corrected chi connectivity index (χ3v) is 5.59. The van der Waals surface area contributed by atoms with Crippen molar-refractivity contribution < 1.29 is 14.7 Å². The number of halogens is 1. The second-order valence-corrected chi connectivity index (χ2v) is 7.39. The molecule has 8 heteroatoms. The minimum Gasteiger partial charge on any atom is -0.481 e. The van der Waals surface area contributed by atoms with Crippen LogP contribution in [0.4, 0.5) is 0 Å². The Labute approximate surface area is 133 Å². The quantitative estimate of drug-likeness (QED) is 0.894. The summed E-state index contributed by atoms with van der Waals surface area (Å²) in [4.78, 5) is 28.0. The van der Waals surface area contributed by atoms with Gasteiger partial charge < -0.3 is 10.4 Å². The SMILES string of the molecule is O=C(NC1CC(C(=O)O)C1)c1csc(-c2ccc(Cl)s2)n1. The molecule has 1 aliphatic rings. The number of nitrogens with one attached hydrogen (secondary N) is 1. The van der Waals surface area contributed by atoms with Gasteiger partial charge in [0, 0.05) is 11.4 Å². The number of carboxylic acids is 1. The lowest BCUT2D eigenvalue weighted by Gasteiger charge is -2.32. The van der Waals surface area contributed by atoms with Crippen LogP contribution in [0.2, 0.25) is 4.34 Å². The number of aromatic nitrogens is 1. The first-order chi connectivity index (χ1) is 10.0. The first-order valence-electron chi connectivity index (χ1n) is 6.28. The molecule has 2 aromatic rings. The summed E-state index contributed by atoms with van der Waals surface area (Å²) in [6, 6.07) is 3.60. The van der Waals surface area contributed by atoms with Crippen LogP contribution in [0.1, 0.15) is 23.3 Å². The summed E-state index contributed by atoms with van der Waals surface area (Å²) in [6.45, 7) is 0. The zero-order valence-corrected chi connectivity index (χ0v) is 13.1. The largest absolute Gasteiger partial charge is 0.481 e. The van der Waals surface area contributed by atoms with Gasteiger partial charge in [-0.05, 0) is 25.0 Å². The molecule has 2 N–H and O–H groups in total. The van der Waals surface area contributed by atoms with Crippen molar-refractivity contribution in [3.8, 4) is 9.88 Å². The molecule has 1 saturated carbocycles. The molecular formula is C13H11ClN2O3S2. The molecule has 2 heterocycles. The molecule has 3 rings (SSSR count). The molecule has 5 nitrogen and oxygen atoms in total. The summed E-state index contributed by atoms with van der Waals surface area (Å²) in [7, 11) is 0. The molecule has 0 atom stereocenters.